The number of Topliss-reactive ketones (excluding diaryl/α,β-unsaturated/α-hetero) is 1. The van der Waals surface area contributed by atoms with Crippen molar-refractivity contribution in [2.75, 3.05) is 5.88 Å². The van der Waals surface area contributed by atoms with E-state index in [2.05, 4.69) is 27.6 Å². The highest BCUT2D eigenvalue weighted by Gasteiger charge is 2.03. The van der Waals surface area contributed by atoms with E-state index in [-0.39, 0.29) is 11.7 Å². The molecule has 0 saturated heterocycles. The van der Waals surface area contributed by atoms with E-state index >= 15 is 0 Å². The zero-order chi connectivity index (χ0) is 8.27. The molecule has 0 bridgehead atoms. The Morgan fingerprint density at radius 2 is 2.36 bits per heavy atom. The third-order valence-corrected chi connectivity index (χ3v) is 2.02. The number of nitrogens with zero attached hydrogens (tertiary/aromatic N) is 1. The molecule has 0 spiro atoms. The van der Waals surface area contributed by atoms with Crippen LogP contribution in [-0.4, -0.2) is 16.6 Å². The standard InChI is InChI=1S/C7H5ClINO/c8-3-7(11)6-2-1-5(9)4-10-6/h1-2,4H,3H2. The van der Waals surface area contributed by atoms with E-state index in [0.29, 0.717) is 5.69 Å². The quantitative estimate of drug-likeness (QED) is 0.472. The van der Waals surface area contributed by atoms with Gasteiger partial charge in [0.2, 0.25) is 0 Å². The van der Waals surface area contributed by atoms with Crippen molar-refractivity contribution in [3.8, 4) is 0 Å². The van der Waals surface area contributed by atoms with E-state index in [1.54, 1.807) is 12.3 Å². The number of pyridine rings is 1. The van der Waals surface area contributed by atoms with Crippen molar-refractivity contribution in [3.05, 3.63) is 27.6 Å². The minimum atomic E-state index is -0.136. The average molecular weight is 281 g/mol. The highest BCUT2D eigenvalue weighted by Crippen LogP contribution is 2.04. The number of halogens is 2. The van der Waals surface area contributed by atoms with Crippen molar-refractivity contribution in [1.29, 1.82) is 0 Å². The molecule has 0 N–H and O–H groups in total. The fourth-order valence-electron chi connectivity index (χ4n) is 0.609. The molecule has 0 aliphatic rings. The summed E-state index contributed by atoms with van der Waals surface area (Å²) in [6.07, 6.45) is 1.64. The lowest BCUT2D eigenvalue weighted by atomic mass is 10.3. The predicted octanol–water partition coefficient (Wildman–Crippen LogP) is 2.11. The van der Waals surface area contributed by atoms with Gasteiger partial charge in [-0.25, -0.2) is 0 Å². The van der Waals surface area contributed by atoms with Crippen molar-refractivity contribution >= 4 is 40.0 Å². The van der Waals surface area contributed by atoms with Gasteiger partial charge in [-0.05, 0) is 34.7 Å². The third kappa shape index (κ3) is 2.41. The largest absolute Gasteiger partial charge is 0.291 e. The molecule has 1 rings (SSSR count). The van der Waals surface area contributed by atoms with Gasteiger partial charge in [-0.2, -0.15) is 0 Å². The molecule has 0 atom stereocenters. The Labute approximate surface area is 83.1 Å². The summed E-state index contributed by atoms with van der Waals surface area (Å²) in [5.41, 5.74) is 0.431. The number of hydrogen-bond acceptors (Lipinski definition) is 2. The SMILES string of the molecule is O=C(CCl)c1ccc(I)cn1. The van der Waals surface area contributed by atoms with Crippen LogP contribution in [-0.2, 0) is 0 Å². The third-order valence-electron chi connectivity index (χ3n) is 1.13. The topological polar surface area (TPSA) is 30.0 Å². The number of rotatable bonds is 2. The summed E-state index contributed by atoms with van der Waals surface area (Å²) in [5, 5.41) is 0. The maximum absolute atomic E-state index is 10.9. The molecule has 0 amide bonds. The van der Waals surface area contributed by atoms with Crippen molar-refractivity contribution in [2.45, 2.75) is 0 Å². The van der Waals surface area contributed by atoms with Gasteiger partial charge in [0.25, 0.3) is 0 Å². The molecular formula is C7H5ClINO. The number of carbonyl (C=O) groups excluding carboxylic acids is 1. The van der Waals surface area contributed by atoms with E-state index in [4.69, 9.17) is 11.6 Å². The molecule has 1 aromatic rings. The summed E-state index contributed by atoms with van der Waals surface area (Å²) in [7, 11) is 0. The van der Waals surface area contributed by atoms with E-state index in [9.17, 15) is 4.79 Å². The van der Waals surface area contributed by atoms with E-state index in [1.165, 1.54) is 0 Å². The van der Waals surface area contributed by atoms with Gasteiger partial charge in [0.1, 0.15) is 5.69 Å². The molecule has 4 heteroatoms. The van der Waals surface area contributed by atoms with Gasteiger partial charge in [-0.1, -0.05) is 0 Å². The Morgan fingerprint density at radius 1 is 1.64 bits per heavy atom. The van der Waals surface area contributed by atoms with Gasteiger partial charge in [0, 0.05) is 9.77 Å². The van der Waals surface area contributed by atoms with Crippen LogP contribution in [0.4, 0.5) is 0 Å². The number of ketones is 1. The van der Waals surface area contributed by atoms with Gasteiger partial charge < -0.3 is 0 Å². The summed E-state index contributed by atoms with van der Waals surface area (Å²) in [5.74, 6) is -0.142. The molecule has 0 aliphatic heterocycles. The fourth-order valence-corrected chi connectivity index (χ4v) is 1.07. The van der Waals surface area contributed by atoms with E-state index in [0.717, 1.165) is 3.57 Å². The minimum absolute atomic E-state index is 0.00636. The average Bonchev–Trinajstić information content (AvgIpc) is 2.05. The number of hydrogen-bond donors (Lipinski definition) is 0. The zero-order valence-electron chi connectivity index (χ0n) is 5.55. The van der Waals surface area contributed by atoms with Crippen LogP contribution in [0.5, 0.6) is 0 Å². The first-order valence-corrected chi connectivity index (χ1v) is 4.56. The zero-order valence-corrected chi connectivity index (χ0v) is 8.46. The molecule has 0 unspecified atom stereocenters. The first kappa shape index (κ1) is 8.93. The highest BCUT2D eigenvalue weighted by molar-refractivity contribution is 14.1. The monoisotopic (exact) mass is 281 g/mol. The summed E-state index contributed by atoms with van der Waals surface area (Å²) < 4.78 is 1.01. The molecule has 11 heavy (non-hydrogen) atoms. The van der Waals surface area contributed by atoms with Crippen molar-refractivity contribution < 1.29 is 4.79 Å². The Balaban J connectivity index is 2.90. The number of carbonyl (C=O) groups is 1. The maximum Gasteiger partial charge on any atom is 0.195 e. The van der Waals surface area contributed by atoms with Crippen LogP contribution in [0.25, 0.3) is 0 Å². The van der Waals surface area contributed by atoms with E-state index < -0.39 is 0 Å². The Morgan fingerprint density at radius 3 is 2.82 bits per heavy atom. The lowest BCUT2D eigenvalue weighted by molar-refractivity contribution is 0.101. The fraction of sp³-hybridized carbons (Fsp3) is 0.143. The number of alkyl halides is 1. The second kappa shape index (κ2) is 4.01. The van der Waals surface area contributed by atoms with Crippen LogP contribution in [0.2, 0.25) is 0 Å². The lowest BCUT2D eigenvalue weighted by Gasteiger charge is -1.94. The van der Waals surface area contributed by atoms with Gasteiger partial charge in [-0.3, -0.25) is 9.78 Å². The van der Waals surface area contributed by atoms with Crippen LogP contribution < -0.4 is 0 Å². The number of aromatic nitrogens is 1. The Bertz CT molecular complexity index is 260. The summed E-state index contributed by atoms with van der Waals surface area (Å²) in [6.45, 7) is 0. The molecule has 0 fully saturated rings. The first-order valence-electron chi connectivity index (χ1n) is 2.95. The molecule has 0 saturated carbocycles. The van der Waals surface area contributed by atoms with Crippen LogP contribution in [0, 0.1) is 3.57 Å². The minimum Gasteiger partial charge on any atom is -0.291 e. The molecular weight excluding hydrogens is 276 g/mol. The first-order chi connectivity index (χ1) is 5.24. The summed E-state index contributed by atoms with van der Waals surface area (Å²) >= 11 is 7.46. The Hall–Kier alpha value is -0.160. The lowest BCUT2D eigenvalue weighted by Crippen LogP contribution is -2.02. The molecule has 0 aromatic carbocycles. The Kier molecular flexibility index (Phi) is 3.26. The molecule has 0 aliphatic carbocycles. The van der Waals surface area contributed by atoms with Crippen LogP contribution in [0.3, 0.4) is 0 Å². The van der Waals surface area contributed by atoms with Crippen molar-refractivity contribution in [2.24, 2.45) is 0 Å². The second-order valence-electron chi connectivity index (χ2n) is 1.92. The van der Waals surface area contributed by atoms with Gasteiger partial charge in [0.05, 0.1) is 5.88 Å². The molecule has 1 heterocycles. The normalized spacial score (nSPS) is 9.64. The summed E-state index contributed by atoms with van der Waals surface area (Å²) in [6, 6.07) is 3.50. The molecule has 58 valence electrons. The highest BCUT2D eigenvalue weighted by atomic mass is 127. The molecule has 1 aromatic heterocycles. The van der Waals surface area contributed by atoms with Crippen LogP contribution >= 0.6 is 34.2 Å². The van der Waals surface area contributed by atoms with Crippen molar-refractivity contribution in [3.63, 3.8) is 0 Å². The maximum atomic E-state index is 10.9. The van der Waals surface area contributed by atoms with Crippen LogP contribution in [0.15, 0.2) is 18.3 Å². The van der Waals surface area contributed by atoms with Gasteiger partial charge in [0.15, 0.2) is 5.78 Å². The van der Waals surface area contributed by atoms with Gasteiger partial charge in [-0.15, -0.1) is 11.6 Å². The molecule has 0 radical (unpaired) electrons. The van der Waals surface area contributed by atoms with E-state index in [1.807, 2.05) is 6.07 Å². The molecule has 2 nitrogen and oxygen atoms in total. The van der Waals surface area contributed by atoms with Crippen LogP contribution in [0.1, 0.15) is 10.5 Å². The second-order valence-corrected chi connectivity index (χ2v) is 3.43. The van der Waals surface area contributed by atoms with Crippen molar-refractivity contribution in [1.82, 2.24) is 4.98 Å². The summed E-state index contributed by atoms with van der Waals surface area (Å²) in [4.78, 5) is 14.8. The predicted molar refractivity (Wildman–Crippen MR) is 52.0 cm³/mol. The van der Waals surface area contributed by atoms with Gasteiger partial charge >= 0.3 is 0 Å². The smallest absolute Gasteiger partial charge is 0.195 e.